The molecule has 0 radical (unpaired) electrons. The fourth-order valence-corrected chi connectivity index (χ4v) is 4.26. The molecule has 2 N–H and O–H groups in total. The first-order valence-corrected chi connectivity index (χ1v) is 9.26. The van der Waals surface area contributed by atoms with Gasteiger partial charge >= 0.3 is 0 Å². The molecule has 2 atom stereocenters. The number of fused-ring (bicyclic) bond motifs is 3. The van der Waals surface area contributed by atoms with Gasteiger partial charge in [0.25, 0.3) is 0 Å². The Morgan fingerprint density at radius 2 is 1.92 bits per heavy atom. The number of ether oxygens (including phenoxy) is 1. The lowest BCUT2D eigenvalue weighted by Crippen LogP contribution is -2.33. The molecule has 0 fully saturated rings. The highest BCUT2D eigenvalue weighted by Crippen LogP contribution is 2.48. The van der Waals surface area contributed by atoms with Crippen LogP contribution in [0.4, 0.5) is 0 Å². The molecule has 5 rings (SSSR count). The first-order chi connectivity index (χ1) is 12.7. The zero-order valence-electron chi connectivity index (χ0n) is 13.7. The van der Waals surface area contributed by atoms with Gasteiger partial charge in [-0.15, -0.1) is 11.3 Å². The summed E-state index contributed by atoms with van der Waals surface area (Å²) in [6.07, 6.45) is 0.348. The molecular formula is C20H16N2O3S. The van der Waals surface area contributed by atoms with Gasteiger partial charge in [-0.1, -0.05) is 24.3 Å². The lowest BCUT2D eigenvalue weighted by atomic mass is 9.97. The molecule has 0 unspecified atom stereocenters. The summed E-state index contributed by atoms with van der Waals surface area (Å²) >= 11 is 1.68. The summed E-state index contributed by atoms with van der Waals surface area (Å²) in [5, 5.41) is 28.4. The minimum atomic E-state index is -0.459. The van der Waals surface area contributed by atoms with Gasteiger partial charge in [0.05, 0.1) is 16.6 Å². The molecule has 0 amide bonds. The van der Waals surface area contributed by atoms with Crippen molar-refractivity contribution < 1.29 is 14.9 Å². The fraction of sp³-hybridized carbons (Fsp3) is 0.150. The maximum Gasteiger partial charge on any atom is 0.214 e. The number of phenols is 2. The predicted molar refractivity (Wildman–Crippen MR) is 99.6 cm³/mol. The second-order valence-corrected chi connectivity index (χ2v) is 7.33. The number of thiophene rings is 1. The maximum atomic E-state index is 9.91. The Bertz CT molecular complexity index is 1000. The minimum absolute atomic E-state index is 0.0815. The van der Waals surface area contributed by atoms with Gasteiger partial charge in [-0.2, -0.15) is 5.10 Å². The molecule has 0 spiro atoms. The van der Waals surface area contributed by atoms with E-state index in [9.17, 15) is 10.2 Å². The van der Waals surface area contributed by atoms with E-state index in [1.54, 1.807) is 17.4 Å². The molecule has 3 aromatic rings. The van der Waals surface area contributed by atoms with Crippen LogP contribution in [0.3, 0.4) is 0 Å². The zero-order valence-corrected chi connectivity index (χ0v) is 14.6. The van der Waals surface area contributed by atoms with Crippen molar-refractivity contribution in [2.75, 3.05) is 0 Å². The molecule has 2 aliphatic rings. The van der Waals surface area contributed by atoms with E-state index < -0.39 is 6.23 Å². The van der Waals surface area contributed by atoms with Crippen LogP contribution in [0.25, 0.3) is 0 Å². The number of hydrogen-bond donors (Lipinski definition) is 2. The Balaban J connectivity index is 1.61. The molecule has 6 heteroatoms. The summed E-state index contributed by atoms with van der Waals surface area (Å²) in [4.78, 5) is 1.16. The van der Waals surface area contributed by atoms with Gasteiger partial charge in [0.15, 0.2) is 11.5 Å². The largest absolute Gasteiger partial charge is 0.504 e. The number of benzene rings is 2. The normalized spacial score (nSPS) is 20.9. The molecule has 0 bridgehead atoms. The lowest BCUT2D eigenvalue weighted by Gasteiger charge is -2.38. The second-order valence-electron chi connectivity index (χ2n) is 6.38. The minimum Gasteiger partial charge on any atom is -0.504 e. The predicted octanol–water partition coefficient (Wildman–Crippen LogP) is 4.40. The van der Waals surface area contributed by atoms with Gasteiger partial charge < -0.3 is 14.9 Å². The van der Waals surface area contributed by atoms with Crippen molar-refractivity contribution in [3.8, 4) is 17.2 Å². The van der Waals surface area contributed by atoms with E-state index in [4.69, 9.17) is 9.84 Å². The van der Waals surface area contributed by atoms with Gasteiger partial charge in [0.1, 0.15) is 5.75 Å². The first kappa shape index (κ1) is 15.3. The summed E-state index contributed by atoms with van der Waals surface area (Å²) in [5.41, 5.74) is 2.90. The van der Waals surface area contributed by atoms with Crippen LogP contribution in [0.5, 0.6) is 17.2 Å². The highest BCUT2D eigenvalue weighted by molar-refractivity contribution is 7.12. The van der Waals surface area contributed by atoms with E-state index >= 15 is 0 Å². The Hall–Kier alpha value is -2.99. The van der Waals surface area contributed by atoms with Gasteiger partial charge in [-0.3, -0.25) is 0 Å². The van der Waals surface area contributed by atoms with Crippen molar-refractivity contribution in [1.29, 1.82) is 0 Å². The van der Waals surface area contributed by atoms with Crippen LogP contribution in [0, 0.1) is 0 Å². The van der Waals surface area contributed by atoms with Crippen molar-refractivity contribution in [2.45, 2.75) is 18.7 Å². The van der Waals surface area contributed by atoms with Gasteiger partial charge in [-0.25, -0.2) is 5.01 Å². The molecule has 2 aromatic carbocycles. The fourth-order valence-electron chi connectivity index (χ4n) is 3.54. The summed E-state index contributed by atoms with van der Waals surface area (Å²) in [6.45, 7) is 0. The van der Waals surface area contributed by atoms with E-state index in [-0.39, 0.29) is 17.5 Å². The summed E-state index contributed by atoms with van der Waals surface area (Å²) in [7, 11) is 0. The highest BCUT2D eigenvalue weighted by atomic mass is 32.1. The van der Waals surface area contributed by atoms with E-state index in [0.29, 0.717) is 0 Å². The number of aromatic hydroxyl groups is 2. The standard InChI is InChI=1S/C20H16N2O3S/c23-16-8-7-12(10-17(16)24)20-22-15(13-4-1-2-5-18(13)25-20)11-14(21-22)19-6-3-9-26-19/h1-10,15,20,23-24H,11H2/t15-,20+/m0/s1. The van der Waals surface area contributed by atoms with Crippen molar-refractivity contribution in [3.63, 3.8) is 0 Å². The number of phenolic OH excluding ortho intramolecular Hbond substituents is 2. The van der Waals surface area contributed by atoms with Crippen LogP contribution < -0.4 is 4.74 Å². The Kier molecular flexibility index (Phi) is 3.39. The Morgan fingerprint density at radius 1 is 1.04 bits per heavy atom. The average molecular weight is 364 g/mol. The average Bonchev–Trinajstić information content (AvgIpc) is 3.33. The van der Waals surface area contributed by atoms with Crippen LogP contribution in [0.2, 0.25) is 0 Å². The number of para-hydroxylation sites is 1. The first-order valence-electron chi connectivity index (χ1n) is 8.38. The molecule has 0 aliphatic carbocycles. The lowest BCUT2D eigenvalue weighted by molar-refractivity contribution is -0.0191. The monoisotopic (exact) mass is 364 g/mol. The van der Waals surface area contributed by atoms with Crippen LogP contribution in [0.15, 0.2) is 65.1 Å². The van der Waals surface area contributed by atoms with Gasteiger partial charge in [0, 0.05) is 17.5 Å². The second kappa shape index (κ2) is 5.78. The van der Waals surface area contributed by atoms with Crippen LogP contribution in [-0.4, -0.2) is 20.9 Å². The summed E-state index contributed by atoms with van der Waals surface area (Å²) in [5.74, 6) is 0.516. The van der Waals surface area contributed by atoms with E-state index in [1.165, 1.54) is 12.1 Å². The molecule has 2 aliphatic heterocycles. The quantitative estimate of drug-likeness (QED) is 0.662. The Labute approximate surface area is 154 Å². The summed E-state index contributed by atoms with van der Waals surface area (Å²) in [6, 6.07) is 16.9. The van der Waals surface area contributed by atoms with Crippen molar-refractivity contribution in [2.24, 2.45) is 5.10 Å². The molecule has 1 aromatic heterocycles. The topological polar surface area (TPSA) is 65.3 Å². The molecule has 0 saturated heterocycles. The zero-order chi connectivity index (χ0) is 17.7. The SMILES string of the molecule is Oc1ccc([C@H]2Oc3ccccc3[C@@H]3CC(c4cccs4)=NN23)cc1O. The van der Waals surface area contributed by atoms with E-state index in [1.807, 2.05) is 29.3 Å². The molecule has 0 saturated carbocycles. The van der Waals surface area contributed by atoms with Crippen LogP contribution in [-0.2, 0) is 0 Å². The van der Waals surface area contributed by atoms with Gasteiger partial charge in [0.2, 0.25) is 6.23 Å². The number of hydrazone groups is 1. The number of hydrogen-bond acceptors (Lipinski definition) is 6. The third kappa shape index (κ3) is 2.34. The highest BCUT2D eigenvalue weighted by Gasteiger charge is 2.41. The van der Waals surface area contributed by atoms with E-state index in [0.717, 1.165) is 33.9 Å². The molecule has 26 heavy (non-hydrogen) atoms. The third-order valence-corrected chi connectivity index (χ3v) is 5.71. The third-order valence-electron chi connectivity index (χ3n) is 4.79. The summed E-state index contributed by atoms with van der Waals surface area (Å²) < 4.78 is 6.22. The number of nitrogens with zero attached hydrogens (tertiary/aromatic N) is 2. The van der Waals surface area contributed by atoms with Crippen molar-refractivity contribution in [3.05, 3.63) is 76.0 Å². The molecule has 3 heterocycles. The van der Waals surface area contributed by atoms with Gasteiger partial charge in [-0.05, 0) is 35.7 Å². The maximum absolute atomic E-state index is 9.91. The van der Waals surface area contributed by atoms with Crippen molar-refractivity contribution in [1.82, 2.24) is 5.01 Å². The smallest absolute Gasteiger partial charge is 0.214 e. The number of rotatable bonds is 2. The molecular weight excluding hydrogens is 348 g/mol. The van der Waals surface area contributed by atoms with Crippen molar-refractivity contribution >= 4 is 17.0 Å². The van der Waals surface area contributed by atoms with Crippen LogP contribution >= 0.6 is 11.3 Å². The molecule has 5 nitrogen and oxygen atoms in total. The Morgan fingerprint density at radius 3 is 2.73 bits per heavy atom. The van der Waals surface area contributed by atoms with E-state index in [2.05, 4.69) is 17.5 Å². The molecule has 130 valence electrons. The van der Waals surface area contributed by atoms with Crippen LogP contribution in [0.1, 0.15) is 34.7 Å².